The standard InChI is InChI=1S/C12H16N6O3/c1-19-11-4-2-10(3-5-11)12(20-8-6-15-17-13)21-9-7-16-18-14/h2-5,12H,6-9H2,1H3. The highest BCUT2D eigenvalue weighted by Crippen LogP contribution is 2.21. The molecule has 0 radical (unpaired) electrons. The molecule has 0 aliphatic rings. The highest BCUT2D eigenvalue weighted by molar-refractivity contribution is 5.27. The molecule has 0 heterocycles. The Morgan fingerprint density at radius 3 is 1.95 bits per heavy atom. The largest absolute Gasteiger partial charge is 0.497 e. The van der Waals surface area contributed by atoms with Crippen LogP contribution in [0.4, 0.5) is 0 Å². The number of benzene rings is 1. The van der Waals surface area contributed by atoms with E-state index in [0.717, 1.165) is 11.3 Å². The zero-order chi connectivity index (χ0) is 15.3. The molecule has 0 saturated carbocycles. The summed E-state index contributed by atoms with van der Waals surface area (Å²) in [5.74, 6) is 0.723. The molecule has 112 valence electrons. The van der Waals surface area contributed by atoms with Gasteiger partial charge in [0.15, 0.2) is 6.29 Å². The van der Waals surface area contributed by atoms with Crippen LogP contribution in [0.25, 0.3) is 20.9 Å². The molecule has 1 rings (SSSR count). The minimum Gasteiger partial charge on any atom is -0.497 e. The summed E-state index contributed by atoms with van der Waals surface area (Å²) in [5, 5.41) is 6.78. The molecule has 0 aliphatic carbocycles. The third kappa shape index (κ3) is 6.51. The van der Waals surface area contributed by atoms with E-state index in [2.05, 4.69) is 20.1 Å². The first kappa shape index (κ1) is 16.6. The van der Waals surface area contributed by atoms with Crippen molar-refractivity contribution in [1.29, 1.82) is 0 Å². The van der Waals surface area contributed by atoms with E-state index >= 15 is 0 Å². The van der Waals surface area contributed by atoms with Crippen molar-refractivity contribution in [3.8, 4) is 5.75 Å². The smallest absolute Gasteiger partial charge is 0.183 e. The minimum atomic E-state index is -0.626. The van der Waals surface area contributed by atoms with E-state index in [1.807, 2.05) is 12.1 Å². The van der Waals surface area contributed by atoms with Crippen molar-refractivity contribution in [2.45, 2.75) is 6.29 Å². The third-order valence-corrected chi connectivity index (χ3v) is 2.44. The van der Waals surface area contributed by atoms with Gasteiger partial charge in [-0.1, -0.05) is 22.4 Å². The highest BCUT2D eigenvalue weighted by atomic mass is 16.7. The lowest BCUT2D eigenvalue weighted by atomic mass is 10.2. The average molecular weight is 292 g/mol. The van der Waals surface area contributed by atoms with Crippen LogP contribution in [-0.2, 0) is 9.47 Å². The fraction of sp³-hybridized carbons (Fsp3) is 0.500. The molecule has 0 spiro atoms. The van der Waals surface area contributed by atoms with Crippen LogP contribution in [0.1, 0.15) is 11.9 Å². The highest BCUT2D eigenvalue weighted by Gasteiger charge is 2.12. The van der Waals surface area contributed by atoms with Crippen molar-refractivity contribution >= 4 is 0 Å². The van der Waals surface area contributed by atoms with Crippen molar-refractivity contribution in [2.24, 2.45) is 10.2 Å². The van der Waals surface area contributed by atoms with Crippen LogP contribution in [0.15, 0.2) is 34.5 Å². The third-order valence-electron chi connectivity index (χ3n) is 2.44. The second-order valence-corrected chi connectivity index (χ2v) is 3.76. The first-order valence-electron chi connectivity index (χ1n) is 6.20. The van der Waals surface area contributed by atoms with Gasteiger partial charge in [0.2, 0.25) is 0 Å². The molecular weight excluding hydrogens is 276 g/mol. The van der Waals surface area contributed by atoms with Crippen LogP contribution in [0.2, 0.25) is 0 Å². The van der Waals surface area contributed by atoms with Crippen LogP contribution >= 0.6 is 0 Å². The van der Waals surface area contributed by atoms with E-state index in [-0.39, 0.29) is 26.3 Å². The number of hydrogen-bond acceptors (Lipinski definition) is 5. The Morgan fingerprint density at radius 2 is 1.52 bits per heavy atom. The zero-order valence-corrected chi connectivity index (χ0v) is 11.6. The molecule has 21 heavy (non-hydrogen) atoms. The number of methoxy groups -OCH3 is 1. The van der Waals surface area contributed by atoms with Crippen molar-refractivity contribution < 1.29 is 14.2 Å². The molecule has 0 bridgehead atoms. The first-order valence-corrected chi connectivity index (χ1v) is 6.20. The Hall–Kier alpha value is -2.44. The molecule has 0 aliphatic heterocycles. The molecular formula is C12H16N6O3. The normalized spacial score (nSPS) is 11.1. The van der Waals surface area contributed by atoms with Gasteiger partial charge in [-0.25, -0.2) is 0 Å². The summed E-state index contributed by atoms with van der Waals surface area (Å²) >= 11 is 0. The van der Waals surface area contributed by atoms with E-state index < -0.39 is 6.29 Å². The van der Waals surface area contributed by atoms with Gasteiger partial charge in [-0.3, -0.25) is 0 Å². The van der Waals surface area contributed by atoms with E-state index in [1.165, 1.54) is 0 Å². The summed E-state index contributed by atoms with van der Waals surface area (Å²) in [4.78, 5) is 5.29. The van der Waals surface area contributed by atoms with Crippen molar-refractivity contribution in [3.63, 3.8) is 0 Å². The molecule has 1 aromatic carbocycles. The second kappa shape index (κ2) is 10.4. The Morgan fingerprint density at radius 1 is 1.00 bits per heavy atom. The summed E-state index contributed by atoms with van der Waals surface area (Å²) in [6.07, 6.45) is -0.626. The van der Waals surface area contributed by atoms with Gasteiger partial charge in [-0.15, -0.1) is 0 Å². The zero-order valence-electron chi connectivity index (χ0n) is 11.6. The summed E-state index contributed by atoms with van der Waals surface area (Å²) in [6, 6.07) is 7.20. The van der Waals surface area contributed by atoms with E-state index in [4.69, 9.17) is 25.3 Å². The molecule has 0 unspecified atom stereocenters. The van der Waals surface area contributed by atoms with Crippen molar-refractivity contribution in [2.75, 3.05) is 33.4 Å². The second-order valence-electron chi connectivity index (χ2n) is 3.76. The lowest BCUT2D eigenvalue weighted by molar-refractivity contribution is -0.142. The summed E-state index contributed by atoms with van der Waals surface area (Å²) in [6.45, 7) is 0.871. The summed E-state index contributed by atoms with van der Waals surface area (Å²) in [5.41, 5.74) is 17.2. The van der Waals surface area contributed by atoms with Crippen molar-refractivity contribution in [1.82, 2.24) is 0 Å². The number of hydrogen-bond donors (Lipinski definition) is 0. The molecule has 0 atom stereocenters. The molecule has 0 amide bonds. The van der Waals surface area contributed by atoms with Gasteiger partial charge in [0.05, 0.1) is 20.3 Å². The average Bonchev–Trinajstić information content (AvgIpc) is 2.53. The monoisotopic (exact) mass is 292 g/mol. The Labute approximate surface area is 121 Å². The van der Waals surface area contributed by atoms with Gasteiger partial charge in [-0.05, 0) is 23.2 Å². The van der Waals surface area contributed by atoms with Gasteiger partial charge in [0.25, 0.3) is 0 Å². The minimum absolute atomic E-state index is 0.211. The van der Waals surface area contributed by atoms with Crippen LogP contribution in [0.5, 0.6) is 5.75 Å². The van der Waals surface area contributed by atoms with Gasteiger partial charge in [0, 0.05) is 28.5 Å². The number of azide groups is 2. The van der Waals surface area contributed by atoms with Gasteiger partial charge >= 0.3 is 0 Å². The molecule has 0 saturated heterocycles. The maximum atomic E-state index is 8.22. The lowest BCUT2D eigenvalue weighted by Crippen LogP contribution is -2.13. The predicted molar refractivity (Wildman–Crippen MR) is 75.7 cm³/mol. The lowest BCUT2D eigenvalue weighted by Gasteiger charge is -2.18. The van der Waals surface area contributed by atoms with Gasteiger partial charge in [0.1, 0.15) is 5.75 Å². The van der Waals surface area contributed by atoms with Gasteiger partial charge < -0.3 is 14.2 Å². The number of ether oxygens (including phenoxy) is 3. The van der Waals surface area contributed by atoms with Crippen molar-refractivity contribution in [3.05, 3.63) is 50.7 Å². The number of nitrogens with zero attached hydrogens (tertiary/aromatic N) is 6. The fourth-order valence-electron chi connectivity index (χ4n) is 1.49. The fourth-order valence-corrected chi connectivity index (χ4v) is 1.49. The van der Waals surface area contributed by atoms with Crippen LogP contribution in [-0.4, -0.2) is 33.4 Å². The summed E-state index contributed by atoms with van der Waals surface area (Å²) in [7, 11) is 1.58. The van der Waals surface area contributed by atoms with Crippen LogP contribution in [0, 0.1) is 0 Å². The quantitative estimate of drug-likeness (QED) is 0.216. The van der Waals surface area contributed by atoms with E-state index in [0.29, 0.717) is 0 Å². The molecule has 0 N–H and O–H groups in total. The molecule has 0 fully saturated rings. The Bertz CT molecular complexity index is 484. The molecule has 9 nitrogen and oxygen atoms in total. The molecule has 1 aromatic rings. The maximum Gasteiger partial charge on any atom is 0.183 e. The SMILES string of the molecule is COc1ccc(C(OCCN=[N+]=[N-])OCCN=[N+]=[N-])cc1. The Kier molecular flexibility index (Phi) is 8.20. The topological polar surface area (TPSA) is 125 Å². The van der Waals surface area contributed by atoms with Crippen LogP contribution in [0.3, 0.4) is 0 Å². The molecule has 0 aromatic heterocycles. The first-order chi connectivity index (χ1) is 10.3. The number of rotatable bonds is 10. The Balaban J connectivity index is 2.63. The van der Waals surface area contributed by atoms with E-state index in [9.17, 15) is 0 Å². The predicted octanol–water partition coefficient (Wildman–Crippen LogP) is 3.35. The van der Waals surface area contributed by atoms with E-state index in [1.54, 1.807) is 19.2 Å². The molecule has 9 heteroatoms. The van der Waals surface area contributed by atoms with Crippen LogP contribution < -0.4 is 4.74 Å². The van der Waals surface area contributed by atoms with Gasteiger partial charge in [-0.2, -0.15) is 0 Å². The maximum absolute atomic E-state index is 8.22. The summed E-state index contributed by atoms with van der Waals surface area (Å²) < 4.78 is 16.1.